The molecule has 0 bridgehead atoms. The molecule has 3 rings (SSSR count). The van der Waals surface area contributed by atoms with Crippen molar-refractivity contribution in [2.24, 2.45) is 9.98 Å². The largest absolute Gasteiger partial charge is 0.431 e. The van der Waals surface area contributed by atoms with Crippen LogP contribution in [0.4, 0.5) is 0 Å². The van der Waals surface area contributed by atoms with Crippen molar-refractivity contribution in [2.45, 2.75) is 5.92 Å². The van der Waals surface area contributed by atoms with E-state index < -0.39 is 0 Å². The Hall–Kier alpha value is -4.29. The number of carbonyl (C=O) groups excluding carboxylic acids is 2. The van der Waals surface area contributed by atoms with Crippen LogP contribution in [0.25, 0.3) is 0 Å². The van der Waals surface area contributed by atoms with E-state index in [0.717, 1.165) is 0 Å². The molecule has 0 aromatic heterocycles. The molecule has 0 heterocycles. The molecular weight excluding hydrogens is 390 g/mol. The predicted molar refractivity (Wildman–Crippen MR) is 121 cm³/mol. The zero-order chi connectivity index (χ0) is 23.2. The SMILES string of the molecule is CN=C=O.CN=C=O.COC#N.c1ccc(C(c2ccccc2)c2ccccc2)cc1. The molecule has 0 saturated carbocycles. The molecule has 0 saturated heterocycles. The molecule has 158 valence electrons. The van der Waals surface area contributed by atoms with Crippen molar-refractivity contribution in [3.05, 3.63) is 108 Å². The van der Waals surface area contributed by atoms with E-state index in [1.807, 2.05) is 0 Å². The quantitative estimate of drug-likeness (QED) is 0.264. The van der Waals surface area contributed by atoms with Crippen LogP contribution in [0.2, 0.25) is 0 Å². The summed E-state index contributed by atoms with van der Waals surface area (Å²) in [5, 5.41) is 7.40. The lowest BCUT2D eigenvalue weighted by molar-refractivity contribution is 0.362. The van der Waals surface area contributed by atoms with Crippen molar-refractivity contribution < 1.29 is 14.3 Å². The summed E-state index contributed by atoms with van der Waals surface area (Å²) in [4.78, 5) is 23.6. The number of nitriles is 1. The summed E-state index contributed by atoms with van der Waals surface area (Å²) >= 11 is 0. The van der Waals surface area contributed by atoms with E-state index in [1.54, 1.807) is 0 Å². The molecule has 3 aromatic rings. The molecule has 0 unspecified atom stereocenters. The number of nitrogens with zero attached hydrogens (tertiary/aromatic N) is 3. The first-order valence-electron chi connectivity index (χ1n) is 9.18. The van der Waals surface area contributed by atoms with Gasteiger partial charge >= 0.3 is 0 Å². The molecule has 0 spiro atoms. The first kappa shape index (κ1) is 26.7. The van der Waals surface area contributed by atoms with Crippen LogP contribution in [-0.4, -0.2) is 33.4 Å². The molecule has 0 N–H and O–H groups in total. The third-order valence-corrected chi connectivity index (χ3v) is 3.67. The number of isocyanates is 2. The van der Waals surface area contributed by atoms with Gasteiger partial charge in [-0.2, -0.15) is 5.26 Å². The standard InChI is InChI=1S/C19H16.3C2H3NO/c1-4-10-16(11-5-1)19(17-12-6-2-7-13-17)18-14-8-3-9-15-18;1-4-2-3;2*1-3-2-4/h1-15,19H;3*1H3. The summed E-state index contributed by atoms with van der Waals surface area (Å²) in [5.41, 5.74) is 4.00. The second-order valence-corrected chi connectivity index (χ2v) is 5.59. The summed E-state index contributed by atoms with van der Waals surface area (Å²) < 4.78 is 3.85. The third-order valence-electron chi connectivity index (χ3n) is 3.67. The minimum Gasteiger partial charge on any atom is -0.431 e. The fourth-order valence-electron chi connectivity index (χ4n) is 2.51. The van der Waals surface area contributed by atoms with Crippen LogP contribution in [0.5, 0.6) is 0 Å². The Morgan fingerprint density at radius 2 is 0.903 bits per heavy atom. The van der Waals surface area contributed by atoms with Gasteiger partial charge in [0.15, 0.2) is 0 Å². The van der Waals surface area contributed by atoms with Crippen molar-refractivity contribution in [3.8, 4) is 6.26 Å². The van der Waals surface area contributed by atoms with Crippen LogP contribution in [0.15, 0.2) is 101 Å². The molecule has 0 atom stereocenters. The second kappa shape index (κ2) is 19.0. The number of rotatable bonds is 3. The normalized spacial score (nSPS) is 8.10. The number of aliphatic imine (C=N–C) groups is 2. The molecule has 0 radical (unpaired) electrons. The van der Waals surface area contributed by atoms with Gasteiger partial charge in [-0.25, -0.2) is 19.6 Å². The average molecular weight is 415 g/mol. The van der Waals surface area contributed by atoms with E-state index in [9.17, 15) is 0 Å². The predicted octanol–water partition coefficient (Wildman–Crippen LogP) is 4.88. The molecular formula is C25H25N3O3. The molecule has 0 fully saturated rings. The lowest BCUT2D eigenvalue weighted by Gasteiger charge is -2.18. The smallest absolute Gasteiger partial charge is 0.286 e. The highest BCUT2D eigenvalue weighted by Crippen LogP contribution is 2.31. The Labute approximate surface area is 183 Å². The van der Waals surface area contributed by atoms with Crippen LogP contribution in [0.1, 0.15) is 22.6 Å². The zero-order valence-corrected chi connectivity index (χ0v) is 17.8. The van der Waals surface area contributed by atoms with Crippen LogP contribution >= 0.6 is 0 Å². The molecule has 31 heavy (non-hydrogen) atoms. The number of benzene rings is 3. The lowest BCUT2D eigenvalue weighted by atomic mass is 9.85. The topological polar surface area (TPSA) is 91.9 Å². The molecule has 0 aliphatic rings. The van der Waals surface area contributed by atoms with Gasteiger partial charge < -0.3 is 4.74 Å². The Kier molecular flexibility index (Phi) is 16.4. The van der Waals surface area contributed by atoms with Gasteiger partial charge in [-0.05, 0) is 16.7 Å². The maximum absolute atomic E-state index is 8.88. The van der Waals surface area contributed by atoms with E-state index in [4.69, 9.17) is 14.9 Å². The minimum absolute atomic E-state index is 0.309. The van der Waals surface area contributed by atoms with E-state index in [1.165, 1.54) is 56.3 Å². The zero-order valence-electron chi connectivity index (χ0n) is 17.8. The molecule has 0 aliphatic carbocycles. The maximum atomic E-state index is 8.88. The highest BCUT2D eigenvalue weighted by Gasteiger charge is 2.15. The molecule has 0 amide bonds. The molecule has 0 aliphatic heterocycles. The Morgan fingerprint density at radius 1 is 0.677 bits per heavy atom. The summed E-state index contributed by atoms with van der Waals surface area (Å²) in [6, 6.07) is 32.0. The highest BCUT2D eigenvalue weighted by atomic mass is 16.5. The van der Waals surface area contributed by atoms with Crippen molar-refractivity contribution in [2.75, 3.05) is 21.2 Å². The van der Waals surface area contributed by atoms with E-state index in [2.05, 4.69) is 106 Å². The summed E-state index contributed by atoms with van der Waals surface area (Å²) in [5.74, 6) is 0.309. The number of ether oxygens (including phenoxy) is 1. The van der Waals surface area contributed by atoms with Gasteiger partial charge in [0.1, 0.15) is 0 Å². The number of hydrogen-bond donors (Lipinski definition) is 0. The van der Waals surface area contributed by atoms with Gasteiger partial charge in [0.25, 0.3) is 6.26 Å². The van der Waals surface area contributed by atoms with Gasteiger partial charge in [0.05, 0.1) is 7.11 Å². The van der Waals surface area contributed by atoms with Crippen LogP contribution in [-0.2, 0) is 14.3 Å². The Balaban J connectivity index is 0.000000625. The summed E-state index contributed by atoms with van der Waals surface area (Å²) in [7, 11) is 4.08. The summed E-state index contributed by atoms with van der Waals surface area (Å²) in [6.07, 6.45) is 4.04. The average Bonchev–Trinajstić information content (AvgIpc) is 2.86. The molecule has 6 nitrogen and oxygen atoms in total. The molecule has 3 aromatic carbocycles. The van der Waals surface area contributed by atoms with Crippen molar-refractivity contribution in [3.63, 3.8) is 0 Å². The second-order valence-electron chi connectivity index (χ2n) is 5.59. The highest BCUT2D eigenvalue weighted by molar-refractivity contribution is 5.42. The Bertz CT molecular complexity index is 849. The summed E-state index contributed by atoms with van der Waals surface area (Å²) in [6.45, 7) is 0. The monoisotopic (exact) mass is 415 g/mol. The fourth-order valence-corrected chi connectivity index (χ4v) is 2.51. The minimum atomic E-state index is 0.309. The lowest BCUT2D eigenvalue weighted by Crippen LogP contribution is -2.02. The van der Waals surface area contributed by atoms with Gasteiger partial charge in [-0.15, -0.1) is 0 Å². The number of hydrogen-bond acceptors (Lipinski definition) is 6. The first-order chi connectivity index (χ1) is 15.2. The van der Waals surface area contributed by atoms with Crippen LogP contribution < -0.4 is 0 Å². The van der Waals surface area contributed by atoms with E-state index in [-0.39, 0.29) is 0 Å². The van der Waals surface area contributed by atoms with Crippen LogP contribution in [0.3, 0.4) is 0 Å². The third kappa shape index (κ3) is 12.0. The van der Waals surface area contributed by atoms with E-state index in [0.29, 0.717) is 5.92 Å². The van der Waals surface area contributed by atoms with Crippen molar-refractivity contribution in [1.82, 2.24) is 0 Å². The molecule has 6 heteroatoms. The van der Waals surface area contributed by atoms with Gasteiger partial charge in [0.2, 0.25) is 12.2 Å². The van der Waals surface area contributed by atoms with E-state index >= 15 is 0 Å². The van der Waals surface area contributed by atoms with Crippen LogP contribution in [0, 0.1) is 11.5 Å². The van der Waals surface area contributed by atoms with Gasteiger partial charge in [-0.1, -0.05) is 91.0 Å². The Morgan fingerprint density at radius 3 is 1.06 bits per heavy atom. The van der Waals surface area contributed by atoms with Crippen molar-refractivity contribution >= 4 is 12.2 Å². The maximum Gasteiger partial charge on any atom is 0.286 e. The fraction of sp³-hybridized carbons (Fsp3) is 0.160. The van der Waals surface area contributed by atoms with Crippen molar-refractivity contribution in [1.29, 1.82) is 5.26 Å². The van der Waals surface area contributed by atoms with Gasteiger partial charge in [0, 0.05) is 20.0 Å². The van der Waals surface area contributed by atoms with Gasteiger partial charge in [-0.3, -0.25) is 0 Å². The number of methoxy groups -OCH3 is 1. The first-order valence-corrected chi connectivity index (χ1v) is 9.18.